The molecule has 0 radical (unpaired) electrons. The van der Waals surface area contributed by atoms with Gasteiger partial charge < -0.3 is 4.90 Å². The molecule has 4 rings (SSSR count). The molecule has 2 saturated heterocycles. The summed E-state index contributed by atoms with van der Waals surface area (Å²) in [6.45, 7) is 4.08. The number of rotatable bonds is 7. The first kappa shape index (κ1) is 25.6. The summed E-state index contributed by atoms with van der Waals surface area (Å²) in [5.74, 6) is -0.336. The van der Waals surface area contributed by atoms with Crippen LogP contribution >= 0.6 is 11.6 Å². The van der Waals surface area contributed by atoms with Crippen LogP contribution in [-0.4, -0.2) is 67.7 Å². The molecule has 1 amide bonds. The van der Waals surface area contributed by atoms with Gasteiger partial charge in [-0.15, -0.1) is 0 Å². The standard InChI is InChI=1S/C25H30ClFN4O3S/c1-17-12-19(24(13-23(17)26)28-35(33,34)29(2)3)6-11-25(32)31-21-9-10-22(31)16-30(15-21)14-18-4-7-20(27)8-5-18/h4-8,11-13,21-22,28H,9-10,14-16H2,1-3H3/b11-6+. The summed E-state index contributed by atoms with van der Waals surface area (Å²) in [7, 11) is -0.869. The number of nitrogens with one attached hydrogen (secondary N) is 1. The van der Waals surface area contributed by atoms with E-state index in [9.17, 15) is 17.6 Å². The number of piperazine rings is 1. The Morgan fingerprint density at radius 2 is 1.80 bits per heavy atom. The van der Waals surface area contributed by atoms with Crippen LogP contribution in [-0.2, 0) is 21.5 Å². The molecule has 2 unspecified atom stereocenters. The van der Waals surface area contributed by atoms with Crippen molar-refractivity contribution in [3.63, 3.8) is 0 Å². The zero-order valence-corrected chi connectivity index (χ0v) is 21.6. The summed E-state index contributed by atoms with van der Waals surface area (Å²) in [6.07, 6.45) is 5.04. The zero-order chi connectivity index (χ0) is 25.3. The number of anilines is 1. The Bertz CT molecular complexity index is 1220. The van der Waals surface area contributed by atoms with E-state index in [0.717, 1.165) is 47.9 Å². The fourth-order valence-corrected chi connectivity index (χ4v) is 5.54. The topological polar surface area (TPSA) is 73.0 Å². The lowest BCUT2D eigenvalue weighted by molar-refractivity contribution is -0.131. The van der Waals surface area contributed by atoms with Crippen LogP contribution in [0.25, 0.3) is 6.08 Å². The maximum atomic E-state index is 13.2. The van der Waals surface area contributed by atoms with E-state index in [1.54, 1.807) is 30.3 Å². The van der Waals surface area contributed by atoms with Crippen LogP contribution in [0.5, 0.6) is 0 Å². The first-order valence-electron chi connectivity index (χ1n) is 11.5. The van der Waals surface area contributed by atoms with E-state index >= 15 is 0 Å². The van der Waals surface area contributed by atoms with Gasteiger partial charge in [-0.3, -0.25) is 14.4 Å². The smallest absolute Gasteiger partial charge is 0.301 e. The number of halogens is 2. The third kappa shape index (κ3) is 5.86. The maximum absolute atomic E-state index is 13.2. The molecule has 2 bridgehead atoms. The SMILES string of the molecule is Cc1cc(/C=C/C(=O)N2C3CCC2CN(Cc2ccc(F)cc2)C3)c(NS(=O)(=O)N(C)C)cc1Cl. The molecular formula is C25H30ClFN4O3S. The number of carbonyl (C=O) groups is 1. The van der Waals surface area contributed by atoms with Crippen LogP contribution < -0.4 is 4.72 Å². The van der Waals surface area contributed by atoms with Crippen molar-refractivity contribution < 1.29 is 17.6 Å². The van der Waals surface area contributed by atoms with Gasteiger partial charge in [0.25, 0.3) is 0 Å². The molecule has 0 aromatic heterocycles. The zero-order valence-electron chi connectivity index (χ0n) is 20.0. The fraction of sp³-hybridized carbons (Fsp3) is 0.400. The highest BCUT2D eigenvalue weighted by atomic mass is 35.5. The number of amides is 1. The van der Waals surface area contributed by atoms with E-state index in [-0.39, 0.29) is 23.8 Å². The molecule has 0 aliphatic carbocycles. The van der Waals surface area contributed by atoms with Crippen LogP contribution in [0.1, 0.15) is 29.5 Å². The van der Waals surface area contributed by atoms with Gasteiger partial charge in [-0.1, -0.05) is 23.7 Å². The fourth-order valence-electron chi connectivity index (χ4n) is 4.73. The molecule has 10 heteroatoms. The van der Waals surface area contributed by atoms with Crippen molar-refractivity contribution in [2.75, 3.05) is 31.9 Å². The van der Waals surface area contributed by atoms with Gasteiger partial charge in [-0.2, -0.15) is 12.7 Å². The number of carbonyl (C=O) groups excluding carboxylic acids is 1. The first-order chi connectivity index (χ1) is 16.5. The highest BCUT2D eigenvalue weighted by Crippen LogP contribution is 2.32. The average molecular weight is 521 g/mol. The van der Waals surface area contributed by atoms with Crippen molar-refractivity contribution in [3.05, 3.63) is 70.0 Å². The summed E-state index contributed by atoms with van der Waals surface area (Å²) in [6, 6.07) is 10.1. The van der Waals surface area contributed by atoms with Crippen molar-refractivity contribution in [1.82, 2.24) is 14.1 Å². The second-order valence-corrected chi connectivity index (χ2v) is 11.7. The second-order valence-electron chi connectivity index (χ2n) is 9.36. The van der Waals surface area contributed by atoms with Crippen LogP contribution in [0, 0.1) is 12.7 Å². The molecule has 2 aliphatic heterocycles. The summed E-state index contributed by atoms with van der Waals surface area (Å²) >= 11 is 6.23. The summed E-state index contributed by atoms with van der Waals surface area (Å²) < 4.78 is 41.5. The Hall–Kier alpha value is -2.46. The molecule has 7 nitrogen and oxygen atoms in total. The highest BCUT2D eigenvalue weighted by Gasteiger charge is 2.41. The Labute approximate surface area is 211 Å². The minimum Gasteiger partial charge on any atom is -0.331 e. The van der Waals surface area contributed by atoms with Crippen molar-refractivity contribution in [2.24, 2.45) is 0 Å². The molecule has 2 aromatic rings. The van der Waals surface area contributed by atoms with Gasteiger partial charge in [0.2, 0.25) is 5.91 Å². The molecule has 35 heavy (non-hydrogen) atoms. The Morgan fingerprint density at radius 1 is 1.17 bits per heavy atom. The third-order valence-corrected chi connectivity index (χ3v) is 8.43. The molecular weight excluding hydrogens is 491 g/mol. The highest BCUT2D eigenvalue weighted by molar-refractivity contribution is 7.90. The van der Waals surface area contributed by atoms with Crippen LogP contribution in [0.15, 0.2) is 42.5 Å². The minimum absolute atomic E-state index is 0.0899. The van der Waals surface area contributed by atoms with Crippen molar-refractivity contribution in [2.45, 2.75) is 38.4 Å². The van der Waals surface area contributed by atoms with E-state index in [1.807, 2.05) is 11.8 Å². The van der Waals surface area contributed by atoms with E-state index < -0.39 is 10.2 Å². The van der Waals surface area contributed by atoms with Gasteiger partial charge >= 0.3 is 10.2 Å². The average Bonchev–Trinajstić information content (AvgIpc) is 3.06. The molecule has 0 saturated carbocycles. The predicted molar refractivity (Wildman–Crippen MR) is 137 cm³/mol. The third-order valence-electron chi connectivity index (χ3n) is 6.59. The van der Waals surface area contributed by atoms with Crippen molar-refractivity contribution >= 4 is 39.5 Å². The van der Waals surface area contributed by atoms with Crippen molar-refractivity contribution in [3.8, 4) is 0 Å². The van der Waals surface area contributed by atoms with Crippen molar-refractivity contribution in [1.29, 1.82) is 0 Å². The van der Waals surface area contributed by atoms with Crippen LogP contribution in [0.3, 0.4) is 0 Å². The second kappa shape index (κ2) is 10.3. The largest absolute Gasteiger partial charge is 0.331 e. The van der Waals surface area contributed by atoms with Gasteiger partial charge in [-0.25, -0.2) is 4.39 Å². The number of hydrogen-bond acceptors (Lipinski definition) is 4. The molecule has 2 heterocycles. The molecule has 1 N–H and O–H groups in total. The summed E-state index contributed by atoms with van der Waals surface area (Å²) in [4.78, 5) is 17.5. The lowest BCUT2D eigenvalue weighted by Gasteiger charge is -2.40. The molecule has 0 spiro atoms. The Kier molecular flexibility index (Phi) is 7.51. The number of benzene rings is 2. The van der Waals surface area contributed by atoms with Gasteiger partial charge in [0, 0.05) is 56.9 Å². The Balaban J connectivity index is 1.48. The van der Waals surface area contributed by atoms with Gasteiger partial charge in [-0.05, 0) is 66.8 Å². The van der Waals surface area contributed by atoms with Gasteiger partial charge in [0.1, 0.15) is 5.82 Å². The number of likely N-dealkylation sites (tertiary alicyclic amines) is 1. The quantitative estimate of drug-likeness (QED) is 0.562. The number of aryl methyl sites for hydroxylation is 1. The molecule has 188 valence electrons. The van der Waals surface area contributed by atoms with E-state index in [4.69, 9.17) is 11.6 Å². The monoisotopic (exact) mass is 520 g/mol. The first-order valence-corrected chi connectivity index (χ1v) is 13.3. The van der Waals surface area contributed by atoms with E-state index in [0.29, 0.717) is 16.3 Å². The Morgan fingerprint density at radius 3 is 2.40 bits per heavy atom. The lowest BCUT2D eigenvalue weighted by atomic mass is 10.1. The molecule has 2 fully saturated rings. The number of nitrogens with zero attached hydrogens (tertiary/aromatic N) is 3. The maximum Gasteiger partial charge on any atom is 0.301 e. The number of hydrogen-bond donors (Lipinski definition) is 1. The molecule has 2 atom stereocenters. The predicted octanol–water partition coefficient (Wildman–Crippen LogP) is 3.89. The van der Waals surface area contributed by atoms with Crippen LogP contribution in [0.4, 0.5) is 10.1 Å². The summed E-state index contributed by atoms with van der Waals surface area (Å²) in [5.41, 5.74) is 2.70. The van der Waals surface area contributed by atoms with Gasteiger partial charge in [0.05, 0.1) is 5.69 Å². The molecule has 2 aliphatic rings. The number of fused-ring (bicyclic) bond motifs is 2. The van der Waals surface area contributed by atoms with Crippen LogP contribution in [0.2, 0.25) is 5.02 Å². The lowest BCUT2D eigenvalue weighted by Crippen LogP contribution is -2.55. The van der Waals surface area contributed by atoms with Gasteiger partial charge in [0.15, 0.2) is 0 Å². The normalized spacial score (nSPS) is 20.7. The van der Waals surface area contributed by atoms with E-state index in [2.05, 4.69) is 9.62 Å². The minimum atomic E-state index is -3.74. The summed E-state index contributed by atoms with van der Waals surface area (Å²) in [5, 5.41) is 0.431. The van der Waals surface area contributed by atoms with E-state index in [1.165, 1.54) is 32.3 Å². The molecule has 2 aromatic carbocycles.